The summed E-state index contributed by atoms with van der Waals surface area (Å²) in [6.45, 7) is 7.71. The number of ketones is 1. The number of phenols is 1. The molecule has 146 valence electrons. The molecule has 0 spiro atoms. The Labute approximate surface area is 173 Å². The van der Waals surface area contributed by atoms with Gasteiger partial charge >= 0.3 is 0 Å². The average molecular weight is 443 g/mol. The Bertz CT molecular complexity index is 916. The molecule has 0 atom stereocenters. The van der Waals surface area contributed by atoms with Crippen molar-refractivity contribution in [2.24, 2.45) is 0 Å². The summed E-state index contributed by atoms with van der Waals surface area (Å²) in [5, 5.41) is 10.4. The first kappa shape index (κ1) is 19.2. The number of carbonyl (C=O) groups is 1. The van der Waals surface area contributed by atoms with E-state index >= 15 is 0 Å². The van der Waals surface area contributed by atoms with Crippen molar-refractivity contribution in [3.05, 3.63) is 63.3 Å². The van der Waals surface area contributed by atoms with Crippen molar-refractivity contribution in [3.8, 4) is 11.5 Å². The molecule has 2 aromatic carbocycles. The number of hydrogen-bond acceptors (Lipinski definition) is 5. The van der Waals surface area contributed by atoms with Gasteiger partial charge in [-0.3, -0.25) is 9.69 Å². The zero-order valence-electron chi connectivity index (χ0n) is 15.8. The first-order valence-electron chi connectivity index (χ1n) is 9.54. The maximum absolute atomic E-state index is 12.8. The van der Waals surface area contributed by atoms with Crippen LogP contribution in [0, 0.1) is 0 Å². The van der Waals surface area contributed by atoms with Crippen LogP contribution in [0.25, 0.3) is 6.08 Å². The highest BCUT2D eigenvalue weighted by molar-refractivity contribution is 9.10. The summed E-state index contributed by atoms with van der Waals surface area (Å²) in [6.07, 6.45) is 1.75. The van der Waals surface area contributed by atoms with Crippen molar-refractivity contribution in [1.29, 1.82) is 0 Å². The summed E-state index contributed by atoms with van der Waals surface area (Å²) >= 11 is 3.41. The van der Waals surface area contributed by atoms with E-state index in [0.29, 0.717) is 29.2 Å². The molecule has 0 saturated carbocycles. The van der Waals surface area contributed by atoms with Gasteiger partial charge in [0.15, 0.2) is 5.76 Å². The summed E-state index contributed by atoms with van der Waals surface area (Å²) in [6, 6.07) is 10.9. The van der Waals surface area contributed by atoms with Crippen molar-refractivity contribution in [1.82, 2.24) is 9.80 Å². The Morgan fingerprint density at radius 3 is 2.43 bits per heavy atom. The number of aromatic hydroxyl groups is 1. The first-order chi connectivity index (χ1) is 13.5. The zero-order chi connectivity index (χ0) is 19.7. The molecule has 28 heavy (non-hydrogen) atoms. The van der Waals surface area contributed by atoms with E-state index in [4.69, 9.17) is 4.74 Å². The Hall–Kier alpha value is -2.15. The molecule has 2 aliphatic rings. The van der Waals surface area contributed by atoms with E-state index in [1.165, 1.54) is 0 Å². The van der Waals surface area contributed by atoms with Crippen LogP contribution in [-0.2, 0) is 6.54 Å². The van der Waals surface area contributed by atoms with Gasteiger partial charge in [0.05, 0.1) is 11.1 Å². The number of Topliss-reactive ketones (excluding diaryl/α,β-unsaturated/α-hetero) is 1. The highest BCUT2D eigenvalue weighted by Gasteiger charge is 2.32. The fourth-order valence-corrected chi connectivity index (χ4v) is 3.91. The van der Waals surface area contributed by atoms with Gasteiger partial charge in [-0.05, 0) is 42.4 Å². The lowest BCUT2D eigenvalue weighted by atomic mass is 10.0. The minimum Gasteiger partial charge on any atom is -0.507 e. The lowest BCUT2D eigenvalue weighted by molar-refractivity contribution is 0.101. The normalized spacial score (nSPS) is 19.1. The summed E-state index contributed by atoms with van der Waals surface area (Å²) in [5.41, 5.74) is 2.10. The van der Waals surface area contributed by atoms with Crippen LogP contribution in [0.15, 0.2) is 46.6 Å². The monoisotopic (exact) mass is 442 g/mol. The molecule has 0 radical (unpaired) electrons. The lowest BCUT2D eigenvalue weighted by Gasteiger charge is -2.34. The second kappa shape index (κ2) is 8.07. The highest BCUT2D eigenvalue weighted by Crippen LogP contribution is 2.40. The van der Waals surface area contributed by atoms with Gasteiger partial charge in [-0.2, -0.15) is 0 Å². The van der Waals surface area contributed by atoms with Gasteiger partial charge < -0.3 is 14.7 Å². The molecular weight excluding hydrogens is 420 g/mol. The average Bonchev–Trinajstić information content (AvgIpc) is 3.02. The van der Waals surface area contributed by atoms with E-state index < -0.39 is 0 Å². The van der Waals surface area contributed by atoms with Gasteiger partial charge in [0.2, 0.25) is 5.78 Å². The van der Waals surface area contributed by atoms with Crippen LogP contribution in [0.2, 0.25) is 0 Å². The number of rotatable bonds is 4. The van der Waals surface area contributed by atoms with Crippen LogP contribution in [0.3, 0.4) is 0 Å². The molecule has 0 aromatic heterocycles. The number of ether oxygens (including phenoxy) is 1. The summed E-state index contributed by atoms with van der Waals surface area (Å²) in [7, 11) is 0. The van der Waals surface area contributed by atoms with E-state index in [-0.39, 0.29) is 11.5 Å². The molecule has 4 rings (SSSR count). The minimum absolute atomic E-state index is 0.144. The molecule has 0 bridgehead atoms. The number of nitrogens with zero attached hydrogens (tertiary/aromatic N) is 2. The van der Waals surface area contributed by atoms with Gasteiger partial charge in [0, 0.05) is 37.2 Å². The highest BCUT2D eigenvalue weighted by atomic mass is 79.9. The lowest BCUT2D eigenvalue weighted by Crippen LogP contribution is -2.45. The predicted octanol–water partition coefficient (Wildman–Crippen LogP) is 3.91. The standard InChI is InChI=1S/C22H23BrN2O3/c1-2-24-9-11-25(12-10-24)14-18-19(26)8-7-17-21(27)20(28-22(17)18)13-15-3-5-16(23)6-4-15/h3-8,13,26H,2,9-12,14H2,1H3/b20-13-. The van der Waals surface area contributed by atoms with Crippen LogP contribution >= 0.6 is 15.9 Å². The maximum Gasteiger partial charge on any atom is 0.231 e. The van der Waals surface area contributed by atoms with E-state index in [1.54, 1.807) is 18.2 Å². The number of halogens is 1. The molecule has 2 aromatic rings. The van der Waals surface area contributed by atoms with Crippen molar-refractivity contribution < 1.29 is 14.6 Å². The third-order valence-corrected chi connectivity index (χ3v) is 5.91. The molecule has 2 heterocycles. The fraction of sp³-hybridized carbons (Fsp3) is 0.318. The molecule has 0 amide bonds. The van der Waals surface area contributed by atoms with Crippen LogP contribution in [0.4, 0.5) is 0 Å². The van der Waals surface area contributed by atoms with Crippen molar-refractivity contribution >= 4 is 27.8 Å². The largest absolute Gasteiger partial charge is 0.507 e. The van der Waals surface area contributed by atoms with E-state index in [1.807, 2.05) is 24.3 Å². The van der Waals surface area contributed by atoms with E-state index in [2.05, 4.69) is 32.7 Å². The van der Waals surface area contributed by atoms with Gasteiger partial charge in [-0.1, -0.05) is 35.0 Å². The number of hydrogen-bond donors (Lipinski definition) is 1. The number of allylic oxidation sites excluding steroid dienone is 1. The number of phenolic OH excluding ortho intramolecular Hbond substituents is 1. The molecular formula is C22H23BrN2O3. The van der Waals surface area contributed by atoms with Gasteiger partial charge in [-0.15, -0.1) is 0 Å². The number of fused-ring (bicyclic) bond motifs is 1. The number of piperazine rings is 1. The zero-order valence-corrected chi connectivity index (χ0v) is 17.4. The molecule has 5 nitrogen and oxygen atoms in total. The minimum atomic E-state index is -0.144. The molecule has 0 aliphatic carbocycles. The Morgan fingerprint density at radius 2 is 1.75 bits per heavy atom. The second-order valence-electron chi connectivity index (χ2n) is 7.14. The third-order valence-electron chi connectivity index (χ3n) is 5.38. The molecule has 6 heteroatoms. The van der Waals surface area contributed by atoms with Crippen LogP contribution in [0.5, 0.6) is 11.5 Å². The Balaban J connectivity index is 1.58. The molecule has 0 unspecified atom stereocenters. The number of carbonyl (C=O) groups excluding carboxylic acids is 1. The van der Waals surface area contributed by atoms with Crippen LogP contribution < -0.4 is 4.74 Å². The molecule has 2 aliphatic heterocycles. The topological polar surface area (TPSA) is 53.0 Å². The molecule has 1 N–H and O–H groups in total. The molecule has 1 fully saturated rings. The van der Waals surface area contributed by atoms with Crippen molar-refractivity contribution in [2.45, 2.75) is 13.5 Å². The second-order valence-corrected chi connectivity index (χ2v) is 8.06. The maximum atomic E-state index is 12.8. The summed E-state index contributed by atoms with van der Waals surface area (Å²) in [4.78, 5) is 17.5. The van der Waals surface area contributed by atoms with Gasteiger partial charge in [-0.25, -0.2) is 0 Å². The fourth-order valence-electron chi connectivity index (χ4n) is 3.65. The van der Waals surface area contributed by atoms with Gasteiger partial charge in [0.1, 0.15) is 11.5 Å². The summed E-state index contributed by atoms with van der Waals surface area (Å²) in [5.74, 6) is 0.815. The van der Waals surface area contributed by atoms with Crippen LogP contribution in [-0.4, -0.2) is 53.4 Å². The quantitative estimate of drug-likeness (QED) is 0.727. The Morgan fingerprint density at radius 1 is 1.07 bits per heavy atom. The van der Waals surface area contributed by atoms with E-state index in [9.17, 15) is 9.90 Å². The van der Waals surface area contributed by atoms with E-state index in [0.717, 1.165) is 42.8 Å². The summed E-state index contributed by atoms with van der Waals surface area (Å²) < 4.78 is 6.93. The Kier molecular flexibility index (Phi) is 5.53. The SMILES string of the molecule is CCN1CCN(Cc2c(O)ccc3c2O/C(=C\c2ccc(Br)cc2)C3=O)CC1. The first-order valence-corrected chi connectivity index (χ1v) is 10.3. The van der Waals surface area contributed by atoms with Crippen molar-refractivity contribution in [3.63, 3.8) is 0 Å². The molecule has 1 saturated heterocycles. The number of benzene rings is 2. The van der Waals surface area contributed by atoms with Crippen molar-refractivity contribution in [2.75, 3.05) is 32.7 Å². The van der Waals surface area contributed by atoms with Crippen LogP contribution in [0.1, 0.15) is 28.4 Å². The third kappa shape index (κ3) is 3.85. The smallest absolute Gasteiger partial charge is 0.231 e. The number of likely N-dealkylation sites (N-methyl/N-ethyl adjacent to an activating group) is 1. The van der Waals surface area contributed by atoms with Gasteiger partial charge in [0.25, 0.3) is 0 Å². The predicted molar refractivity (Wildman–Crippen MR) is 113 cm³/mol.